The molecule has 0 saturated heterocycles. The minimum absolute atomic E-state index is 0.00279. The van der Waals surface area contributed by atoms with Crippen LogP contribution in [0, 0.1) is 0 Å². The Hall–Kier alpha value is -1.75. The minimum Gasteiger partial charge on any atom is -0.497 e. The third kappa shape index (κ3) is 5.63. The van der Waals surface area contributed by atoms with Gasteiger partial charge >= 0.3 is 0 Å². The van der Waals surface area contributed by atoms with Gasteiger partial charge in [-0.2, -0.15) is 0 Å². The zero-order valence-electron chi connectivity index (χ0n) is 13.5. The van der Waals surface area contributed by atoms with Crippen LogP contribution in [0.3, 0.4) is 0 Å². The summed E-state index contributed by atoms with van der Waals surface area (Å²) < 4.78 is 10.9. The highest BCUT2D eigenvalue weighted by Gasteiger charge is 2.13. The number of ether oxygens (including phenoxy) is 2. The van der Waals surface area contributed by atoms with E-state index in [-0.39, 0.29) is 24.6 Å². The molecule has 1 atom stereocenters. The van der Waals surface area contributed by atoms with Crippen molar-refractivity contribution in [2.75, 3.05) is 20.3 Å². The van der Waals surface area contributed by atoms with Gasteiger partial charge in [0.05, 0.1) is 7.11 Å². The number of nitrogens with one attached hydrogen (secondary N) is 2. The lowest BCUT2D eigenvalue weighted by atomic mass is 10.1. The standard InChI is InChI=1S/C16H26N2O3/c1-6-17-12(4)14-8-7-13(20-5)9-15(14)21-10-16(19)18-11(2)3/h7-9,11-12,17H,6,10H2,1-5H3,(H,18,19). The van der Waals surface area contributed by atoms with Gasteiger partial charge in [-0.05, 0) is 33.4 Å². The number of carbonyl (C=O) groups excluding carboxylic acids is 1. The Balaban J connectivity index is 2.83. The highest BCUT2D eigenvalue weighted by molar-refractivity contribution is 5.77. The topological polar surface area (TPSA) is 59.6 Å². The maximum Gasteiger partial charge on any atom is 0.258 e. The maximum absolute atomic E-state index is 11.7. The van der Waals surface area contributed by atoms with Crippen LogP contribution in [0.2, 0.25) is 0 Å². The highest BCUT2D eigenvalue weighted by Crippen LogP contribution is 2.29. The molecule has 5 nitrogen and oxygen atoms in total. The normalized spacial score (nSPS) is 12.1. The largest absolute Gasteiger partial charge is 0.497 e. The first kappa shape index (κ1) is 17.3. The molecule has 0 fully saturated rings. The van der Waals surface area contributed by atoms with Crippen molar-refractivity contribution >= 4 is 5.91 Å². The number of rotatable bonds is 8. The fourth-order valence-corrected chi connectivity index (χ4v) is 2.05. The number of benzene rings is 1. The van der Waals surface area contributed by atoms with Crippen LogP contribution in [0.15, 0.2) is 18.2 Å². The molecule has 0 aliphatic carbocycles. The van der Waals surface area contributed by atoms with Gasteiger partial charge < -0.3 is 20.1 Å². The molecule has 0 spiro atoms. The molecule has 1 aromatic carbocycles. The van der Waals surface area contributed by atoms with Crippen molar-refractivity contribution in [1.82, 2.24) is 10.6 Å². The van der Waals surface area contributed by atoms with Crippen LogP contribution in [0.25, 0.3) is 0 Å². The van der Waals surface area contributed by atoms with E-state index in [2.05, 4.69) is 24.5 Å². The minimum atomic E-state index is -0.130. The zero-order valence-corrected chi connectivity index (χ0v) is 13.5. The SMILES string of the molecule is CCNC(C)c1ccc(OC)cc1OCC(=O)NC(C)C. The number of amides is 1. The van der Waals surface area contributed by atoms with Crippen LogP contribution in [-0.4, -0.2) is 32.2 Å². The van der Waals surface area contributed by atoms with Crippen molar-refractivity contribution in [2.24, 2.45) is 0 Å². The second kappa shape index (κ2) is 8.52. The van der Waals surface area contributed by atoms with Crippen LogP contribution in [-0.2, 0) is 4.79 Å². The summed E-state index contributed by atoms with van der Waals surface area (Å²) in [5.74, 6) is 1.25. The van der Waals surface area contributed by atoms with Gasteiger partial charge in [0.25, 0.3) is 5.91 Å². The molecule has 0 heterocycles. The van der Waals surface area contributed by atoms with Gasteiger partial charge in [-0.1, -0.05) is 13.0 Å². The van der Waals surface area contributed by atoms with E-state index in [1.807, 2.05) is 32.0 Å². The summed E-state index contributed by atoms with van der Waals surface area (Å²) in [6.07, 6.45) is 0. The summed E-state index contributed by atoms with van der Waals surface area (Å²) in [6, 6.07) is 5.91. The van der Waals surface area contributed by atoms with Crippen LogP contribution in [0.5, 0.6) is 11.5 Å². The molecule has 1 aromatic rings. The fourth-order valence-electron chi connectivity index (χ4n) is 2.05. The molecular weight excluding hydrogens is 268 g/mol. The van der Waals surface area contributed by atoms with E-state index in [4.69, 9.17) is 9.47 Å². The second-order valence-electron chi connectivity index (χ2n) is 5.19. The average Bonchev–Trinajstić information content (AvgIpc) is 2.44. The van der Waals surface area contributed by atoms with E-state index in [0.717, 1.165) is 12.1 Å². The molecule has 0 saturated carbocycles. The first-order valence-electron chi connectivity index (χ1n) is 7.31. The van der Waals surface area contributed by atoms with E-state index in [1.165, 1.54) is 0 Å². The summed E-state index contributed by atoms with van der Waals surface area (Å²) in [6.45, 7) is 8.81. The Labute approximate surface area is 127 Å². The molecule has 0 aromatic heterocycles. The van der Waals surface area contributed by atoms with Crippen LogP contribution < -0.4 is 20.1 Å². The summed E-state index contributed by atoms with van der Waals surface area (Å²) in [5, 5.41) is 6.14. The molecule has 0 aliphatic heterocycles. The predicted molar refractivity (Wildman–Crippen MR) is 83.9 cm³/mol. The molecule has 1 rings (SSSR count). The lowest BCUT2D eigenvalue weighted by molar-refractivity contribution is -0.123. The van der Waals surface area contributed by atoms with Gasteiger partial charge in [-0.3, -0.25) is 4.79 Å². The van der Waals surface area contributed by atoms with Crippen molar-refractivity contribution in [3.8, 4) is 11.5 Å². The van der Waals surface area contributed by atoms with Gasteiger partial charge in [-0.25, -0.2) is 0 Å². The number of methoxy groups -OCH3 is 1. The van der Waals surface area contributed by atoms with Crippen molar-refractivity contribution in [2.45, 2.75) is 39.8 Å². The van der Waals surface area contributed by atoms with Crippen LogP contribution in [0.4, 0.5) is 0 Å². The Morgan fingerprint density at radius 1 is 1.29 bits per heavy atom. The highest BCUT2D eigenvalue weighted by atomic mass is 16.5. The maximum atomic E-state index is 11.7. The third-order valence-electron chi connectivity index (χ3n) is 3.01. The quantitative estimate of drug-likeness (QED) is 0.772. The summed E-state index contributed by atoms with van der Waals surface area (Å²) in [7, 11) is 1.61. The second-order valence-corrected chi connectivity index (χ2v) is 5.19. The molecule has 0 bridgehead atoms. The van der Waals surface area contributed by atoms with Gasteiger partial charge in [0.1, 0.15) is 11.5 Å². The number of hydrogen-bond acceptors (Lipinski definition) is 4. The summed E-state index contributed by atoms with van der Waals surface area (Å²) in [5.41, 5.74) is 1.01. The van der Waals surface area contributed by atoms with Gasteiger partial charge in [0.2, 0.25) is 0 Å². The fraction of sp³-hybridized carbons (Fsp3) is 0.562. The van der Waals surface area contributed by atoms with E-state index >= 15 is 0 Å². The van der Waals surface area contributed by atoms with E-state index in [9.17, 15) is 4.79 Å². The first-order valence-corrected chi connectivity index (χ1v) is 7.31. The lowest BCUT2D eigenvalue weighted by Gasteiger charge is -2.18. The molecule has 0 aliphatic rings. The van der Waals surface area contributed by atoms with Crippen molar-refractivity contribution in [1.29, 1.82) is 0 Å². The van der Waals surface area contributed by atoms with E-state index in [1.54, 1.807) is 7.11 Å². The molecule has 0 radical (unpaired) electrons. The van der Waals surface area contributed by atoms with Crippen molar-refractivity contribution in [3.63, 3.8) is 0 Å². The molecule has 1 unspecified atom stereocenters. The van der Waals surface area contributed by atoms with Gasteiger partial charge in [-0.15, -0.1) is 0 Å². The van der Waals surface area contributed by atoms with E-state index < -0.39 is 0 Å². The first-order chi connectivity index (χ1) is 9.97. The smallest absolute Gasteiger partial charge is 0.258 e. The average molecular weight is 294 g/mol. The van der Waals surface area contributed by atoms with Crippen LogP contribution in [0.1, 0.15) is 39.3 Å². The number of carbonyl (C=O) groups is 1. The third-order valence-corrected chi connectivity index (χ3v) is 3.01. The number of hydrogen-bond donors (Lipinski definition) is 2. The Bertz CT molecular complexity index is 461. The molecule has 21 heavy (non-hydrogen) atoms. The van der Waals surface area contributed by atoms with Crippen molar-refractivity contribution in [3.05, 3.63) is 23.8 Å². The van der Waals surface area contributed by atoms with Gasteiger partial charge in [0.15, 0.2) is 6.61 Å². The van der Waals surface area contributed by atoms with Gasteiger partial charge in [0, 0.05) is 23.7 Å². The molecule has 5 heteroatoms. The van der Waals surface area contributed by atoms with Crippen LogP contribution >= 0.6 is 0 Å². The molecular formula is C16H26N2O3. The Morgan fingerprint density at radius 3 is 2.57 bits per heavy atom. The Kier molecular flexibility index (Phi) is 7.02. The monoisotopic (exact) mass is 294 g/mol. The summed E-state index contributed by atoms with van der Waals surface area (Å²) in [4.78, 5) is 11.7. The zero-order chi connectivity index (χ0) is 15.8. The molecule has 2 N–H and O–H groups in total. The lowest BCUT2D eigenvalue weighted by Crippen LogP contribution is -2.34. The van der Waals surface area contributed by atoms with E-state index in [0.29, 0.717) is 11.5 Å². The Morgan fingerprint density at radius 2 is 2.00 bits per heavy atom. The molecule has 1 amide bonds. The predicted octanol–water partition coefficient (Wildman–Crippen LogP) is 2.27. The molecule has 118 valence electrons. The summed E-state index contributed by atoms with van der Waals surface area (Å²) >= 11 is 0. The van der Waals surface area contributed by atoms with Crippen molar-refractivity contribution < 1.29 is 14.3 Å².